The number of hydrogen-bond acceptors (Lipinski definition) is 6. The first-order valence-electron chi connectivity index (χ1n) is 11.0. The monoisotopic (exact) mass is 459 g/mol. The zero-order valence-corrected chi connectivity index (χ0v) is 19.1. The van der Waals surface area contributed by atoms with Gasteiger partial charge in [-0.05, 0) is 36.2 Å². The van der Waals surface area contributed by atoms with Crippen molar-refractivity contribution in [3.63, 3.8) is 0 Å². The Morgan fingerprint density at radius 2 is 1.66 bits per heavy atom. The Bertz CT molecular complexity index is 1050. The minimum absolute atomic E-state index is 0.0443. The molecule has 2 aromatic rings. The fourth-order valence-electron chi connectivity index (χ4n) is 3.78. The van der Waals surface area contributed by atoms with Gasteiger partial charge in [0.15, 0.2) is 11.5 Å². The van der Waals surface area contributed by atoms with E-state index in [2.05, 4.69) is 12.2 Å². The number of fused-ring (bicyclic) bond motifs is 1. The summed E-state index contributed by atoms with van der Waals surface area (Å²) >= 11 is 0. The second-order valence-electron chi connectivity index (χ2n) is 7.85. The molecule has 4 rings (SSSR count). The molecule has 0 aromatic heterocycles. The molecule has 2 aliphatic rings. The molecule has 0 saturated carbocycles. The van der Waals surface area contributed by atoms with Crippen LogP contribution in [0.1, 0.15) is 18.9 Å². The van der Waals surface area contributed by atoms with Crippen LogP contribution < -0.4 is 14.8 Å². The standard InChI is InChI=1S/C23H29N3O5S/c1-2-18-4-6-19(7-5-18)24-17-23(27)25-10-12-26(13-11-25)32(28,29)20-8-9-21-22(16-20)31-15-3-14-30-21/h4-9,16,24H,2-3,10-15,17H2,1H3. The van der Waals surface area contributed by atoms with Gasteiger partial charge in [-0.2, -0.15) is 4.31 Å². The van der Waals surface area contributed by atoms with Crippen LogP contribution in [0.2, 0.25) is 0 Å². The molecule has 32 heavy (non-hydrogen) atoms. The largest absolute Gasteiger partial charge is 0.490 e. The van der Waals surface area contributed by atoms with Gasteiger partial charge in [-0.3, -0.25) is 4.79 Å². The number of ether oxygens (including phenoxy) is 2. The molecule has 8 nitrogen and oxygen atoms in total. The number of benzene rings is 2. The van der Waals surface area contributed by atoms with Crippen molar-refractivity contribution in [2.75, 3.05) is 51.3 Å². The first kappa shape index (κ1) is 22.4. The Kier molecular flexibility index (Phi) is 6.86. The number of piperazine rings is 1. The lowest BCUT2D eigenvalue weighted by molar-refractivity contribution is -0.130. The van der Waals surface area contributed by atoms with E-state index >= 15 is 0 Å². The van der Waals surface area contributed by atoms with Crippen LogP contribution in [0.5, 0.6) is 11.5 Å². The smallest absolute Gasteiger partial charge is 0.243 e. The van der Waals surface area contributed by atoms with Crippen LogP contribution >= 0.6 is 0 Å². The molecule has 1 N–H and O–H groups in total. The van der Waals surface area contributed by atoms with Crippen LogP contribution in [-0.4, -0.2) is 69.5 Å². The summed E-state index contributed by atoms with van der Waals surface area (Å²) in [6.07, 6.45) is 1.73. The Hall–Kier alpha value is -2.78. The fourth-order valence-corrected chi connectivity index (χ4v) is 5.22. The maximum absolute atomic E-state index is 13.1. The number of anilines is 1. The quantitative estimate of drug-likeness (QED) is 0.714. The third kappa shape index (κ3) is 4.99. The number of nitrogens with zero attached hydrogens (tertiary/aromatic N) is 2. The highest BCUT2D eigenvalue weighted by Gasteiger charge is 2.31. The van der Waals surface area contributed by atoms with Crippen LogP contribution in [0.15, 0.2) is 47.4 Å². The molecule has 172 valence electrons. The van der Waals surface area contributed by atoms with Crippen molar-refractivity contribution in [3.05, 3.63) is 48.0 Å². The van der Waals surface area contributed by atoms with Crippen LogP contribution in [0, 0.1) is 0 Å². The number of carbonyl (C=O) groups is 1. The molecular weight excluding hydrogens is 430 g/mol. The number of hydrogen-bond donors (Lipinski definition) is 1. The van der Waals surface area contributed by atoms with Crippen molar-refractivity contribution >= 4 is 21.6 Å². The van der Waals surface area contributed by atoms with E-state index in [1.54, 1.807) is 17.0 Å². The second-order valence-corrected chi connectivity index (χ2v) is 9.79. The molecule has 2 aromatic carbocycles. The van der Waals surface area contributed by atoms with E-state index in [0.717, 1.165) is 18.5 Å². The first-order chi connectivity index (χ1) is 15.5. The maximum atomic E-state index is 13.1. The zero-order chi connectivity index (χ0) is 22.6. The lowest BCUT2D eigenvalue weighted by Gasteiger charge is -2.34. The van der Waals surface area contributed by atoms with E-state index in [0.29, 0.717) is 37.8 Å². The fraction of sp³-hybridized carbons (Fsp3) is 0.435. The van der Waals surface area contributed by atoms with Crippen molar-refractivity contribution < 1.29 is 22.7 Å². The van der Waals surface area contributed by atoms with E-state index in [4.69, 9.17) is 9.47 Å². The van der Waals surface area contributed by atoms with Crippen LogP contribution in [0.25, 0.3) is 0 Å². The van der Waals surface area contributed by atoms with Gasteiger partial charge in [0.25, 0.3) is 0 Å². The third-order valence-corrected chi connectivity index (χ3v) is 7.65. The second kappa shape index (κ2) is 9.79. The van der Waals surface area contributed by atoms with Gasteiger partial charge in [-0.25, -0.2) is 8.42 Å². The summed E-state index contributed by atoms with van der Waals surface area (Å²) in [6, 6.07) is 12.7. The van der Waals surface area contributed by atoms with Gasteiger partial charge in [0.05, 0.1) is 24.7 Å². The number of sulfonamides is 1. The highest BCUT2D eigenvalue weighted by atomic mass is 32.2. The Balaban J connectivity index is 1.33. The summed E-state index contributed by atoms with van der Waals surface area (Å²) in [5.41, 5.74) is 2.14. The number of nitrogens with one attached hydrogen (secondary N) is 1. The molecule has 0 aliphatic carbocycles. The third-order valence-electron chi connectivity index (χ3n) is 5.75. The lowest BCUT2D eigenvalue weighted by Crippen LogP contribution is -2.51. The summed E-state index contributed by atoms with van der Waals surface area (Å²) in [5.74, 6) is 0.973. The Morgan fingerprint density at radius 1 is 0.969 bits per heavy atom. The predicted octanol–water partition coefficient (Wildman–Crippen LogP) is 2.36. The van der Waals surface area contributed by atoms with Crippen LogP contribution in [-0.2, 0) is 21.2 Å². The van der Waals surface area contributed by atoms with E-state index in [1.807, 2.05) is 24.3 Å². The van der Waals surface area contributed by atoms with E-state index in [9.17, 15) is 13.2 Å². The molecule has 1 saturated heterocycles. The van der Waals surface area contributed by atoms with E-state index < -0.39 is 10.0 Å². The average Bonchev–Trinajstić information content (AvgIpc) is 3.08. The highest BCUT2D eigenvalue weighted by Crippen LogP contribution is 2.33. The SMILES string of the molecule is CCc1ccc(NCC(=O)N2CCN(S(=O)(=O)c3ccc4c(c3)OCCCO4)CC2)cc1. The molecule has 0 atom stereocenters. The topological polar surface area (TPSA) is 88.2 Å². The Labute approximate surface area is 189 Å². The number of amides is 1. The molecule has 1 amide bonds. The summed E-state index contributed by atoms with van der Waals surface area (Å²) in [6.45, 7) is 4.56. The minimum atomic E-state index is -3.67. The highest BCUT2D eigenvalue weighted by molar-refractivity contribution is 7.89. The van der Waals surface area contributed by atoms with Gasteiger partial charge in [-0.15, -0.1) is 0 Å². The van der Waals surface area contributed by atoms with Crippen molar-refractivity contribution in [1.82, 2.24) is 9.21 Å². The summed E-state index contributed by atoms with van der Waals surface area (Å²) in [7, 11) is -3.67. The number of aryl methyl sites for hydroxylation is 1. The summed E-state index contributed by atoms with van der Waals surface area (Å²) in [5, 5.41) is 3.15. The van der Waals surface area contributed by atoms with Crippen LogP contribution in [0.4, 0.5) is 5.69 Å². The maximum Gasteiger partial charge on any atom is 0.243 e. The number of rotatable bonds is 6. The molecular formula is C23H29N3O5S. The number of carbonyl (C=O) groups excluding carboxylic acids is 1. The van der Waals surface area contributed by atoms with Gasteiger partial charge in [-0.1, -0.05) is 19.1 Å². The summed E-state index contributed by atoms with van der Waals surface area (Å²) in [4.78, 5) is 14.5. The molecule has 2 heterocycles. The van der Waals surface area contributed by atoms with Crippen molar-refractivity contribution in [3.8, 4) is 11.5 Å². The zero-order valence-electron chi connectivity index (χ0n) is 18.2. The molecule has 0 bridgehead atoms. The molecule has 0 spiro atoms. The van der Waals surface area contributed by atoms with Gasteiger partial charge in [0, 0.05) is 44.4 Å². The van der Waals surface area contributed by atoms with Crippen LogP contribution in [0.3, 0.4) is 0 Å². The normalized spacial score (nSPS) is 17.0. The average molecular weight is 460 g/mol. The molecule has 0 unspecified atom stereocenters. The molecule has 0 radical (unpaired) electrons. The van der Waals surface area contributed by atoms with Gasteiger partial charge >= 0.3 is 0 Å². The van der Waals surface area contributed by atoms with Crippen molar-refractivity contribution in [1.29, 1.82) is 0 Å². The minimum Gasteiger partial charge on any atom is -0.490 e. The lowest BCUT2D eigenvalue weighted by atomic mass is 10.1. The van der Waals surface area contributed by atoms with Crippen molar-refractivity contribution in [2.45, 2.75) is 24.7 Å². The molecule has 9 heteroatoms. The van der Waals surface area contributed by atoms with E-state index in [-0.39, 0.29) is 30.4 Å². The van der Waals surface area contributed by atoms with E-state index in [1.165, 1.54) is 15.9 Å². The molecule has 2 aliphatic heterocycles. The van der Waals surface area contributed by atoms with Crippen molar-refractivity contribution in [2.24, 2.45) is 0 Å². The van der Waals surface area contributed by atoms with Gasteiger partial charge < -0.3 is 19.7 Å². The summed E-state index contributed by atoms with van der Waals surface area (Å²) < 4.78 is 38.9. The Morgan fingerprint density at radius 3 is 2.34 bits per heavy atom. The van der Waals surface area contributed by atoms with Gasteiger partial charge in [0.2, 0.25) is 15.9 Å². The molecule has 1 fully saturated rings. The predicted molar refractivity (Wildman–Crippen MR) is 122 cm³/mol. The van der Waals surface area contributed by atoms with Gasteiger partial charge in [0.1, 0.15) is 0 Å². The first-order valence-corrected chi connectivity index (χ1v) is 12.4.